The average molecular weight is 276 g/mol. The molecule has 0 radical (unpaired) electrons. The van der Waals surface area contributed by atoms with Crippen molar-refractivity contribution in [2.45, 2.75) is 46.1 Å². The summed E-state index contributed by atoms with van der Waals surface area (Å²) in [6, 6.07) is 3.54. The predicted octanol–water partition coefficient (Wildman–Crippen LogP) is 2.73. The first-order chi connectivity index (χ1) is 9.52. The molecule has 20 heavy (non-hydrogen) atoms. The van der Waals surface area contributed by atoms with E-state index in [1.54, 1.807) is 0 Å². The number of carbonyl (C=O) groups excluding carboxylic acids is 1. The molecule has 1 aliphatic rings. The first-order valence-corrected chi connectivity index (χ1v) is 7.36. The second-order valence-corrected chi connectivity index (χ2v) is 5.70. The summed E-state index contributed by atoms with van der Waals surface area (Å²) >= 11 is 0. The van der Waals surface area contributed by atoms with Crippen molar-refractivity contribution in [2.24, 2.45) is 5.92 Å². The Morgan fingerprint density at radius 1 is 1.45 bits per heavy atom. The Balaban J connectivity index is 2.06. The van der Waals surface area contributed by atoms with Gasteiger partial charge in [0.1, 0.15) is 5.75 Å². The Morgan fingerprint density at radius 2 is 2.20 bits per heavy atom. The molecule has 1 aliphatic heterocycles. The maximum Gasteiger partial charge on any atom is 0.241 e. The highest BCUT2D eigenvalue weighted by Gasteiger charge is 2.26. The molecule has 2 unspecified atom stereocenters. The van der Waals surface area contributed by atoms with E-state index in [2.05, 4.69) is 17.6 Å². The summed E-state index contributed by atoms with van der Waals surface area (Å²) in [6.07, 6.45) is 3.15. The third-order valence-corrected chi connectivity index (χ3v) is 4.30. The van der Waals surface area contributed by atoms with Crippen molar-refractivity contribution in [1.29, 1.82) is 0 Å². The molecule has 110 valence electrons. The maximum atomic E-state index is 12.3. The van der Waals surface area contributed by atoms with E-state index in [0.29, 0.717) is 11.6 Å². The van der Waals surface area contributed by atoms with Crippen molar-refractivity contribution in [3.63, 3.8) is 0 Å². The molecule has 1 fully saturated rings. The zero-order valence-corrected chi connectivity index (χ0v) is 12.5. The molecular weight excluding hydrogens is 252 g/mol. The Bertz CT molecular complexity index is 499. The number of hydrogen-bond acceptors (Lipinski definition) is 3. The highest BCUT2D eigenvalue weighted by atomic mass is 16.3. The number of piperidine rings is 1. The van der Waals surface area contributed by atoms with Gasteiger partial charge in [-0.1, -0.05) is 19.4 Å². The third kappa shape index (κ3) is 3.12. The van der Waals surface area contributed by atoms with Crippen molar-refractivity contribution in [1.82, 2.24) is 5.32 Å². The van der Waals surface area contributed by atoms with Gasteiger partial charge in [0, 0.05) is 11.3 Å². The van der Waals surface area contributed by atoms with Crippen molar-refractivity contribution >= 4 is 11.6 Å². The Hall–Kier alpha value is -1.55. The number of carbonyl (C=O) groups is 1. The quantitative estimate of drug-likeness (QED) is 0.795. The molecule has 0 bridgehead atoms. The number of rotatable bonds is 3. The topological polar surface area (TPSA) is 61.4 Å². The fourth-order valence-electron chi connectivity index (χ4n) is 2.76. The summed E-state index contributed by atoms with van der Waals surface area (Å²) in [5.74, 6) is 0.875. The van der Waals surface area contributed by atoms with Gasteiger partial charge >= 0.3 is 0 Å². The molecule has 0 saturated carbocycles. The average Bonchev–Trinajstić information content (AvgIpc) is 2.48. The van der Waals surface area contributed by atoms with Gasteiger partial charge in [0.2, 0.25) is 5.91 Å². The van der Waals surface area contributed by atoms with E-state index in [9.17, 15) is 9.90 Å². The number of benzene rings is 1. The van der Waals surface area contributed by atoms with Gasteiger partial charge in [0.25, 0.3) is 0 Å². The Morgan fingerprint density at radius 3 is 2.90 bits per heavy atom. The molecule has 2 atom stereocenters. The molecule has 1 aromatic carbocycles. The summed E-state index contributed by atoms with van der Waals surface area (Å²) in [6.45, 7) is 6.74. The second kappa shape index (κ2) is 6.27. The molecule has 1 aromatic rings. The fraction of sp³-hybridized carbons (Fsp3) is 0.562. The van der Waals surface area contributed by atoms with Crippen LogP contribution >= 0.6 is 0 Å². The normalized spacial score (nSPS) is 22.6. The lowest BCUT2D eigenvalue weighted by Gasteiger charge is -2.29. The summed E-state index contributed by atoms with van der Waals surface area (Å²) < 4.78 is 0. The number of phenolic OH excluding ortho intramolecular Hbond substituents is 1. The smallest absolute Gasteiger partial charge is 0.241 e. The highest BCUT2D eigenvalue weighted by Crippen LogP contribution is 2.28. The SMILES string of the molecule is CCC1CCNC(C(=O)Nc2ccc(C)c(O)c2C)C1. The number of anilines is 1. The molecule has 1 heterocycles. The van der Waals surface area contributed by atoms with Gasteiger partial charge < -0.3 is 15.7 Å². The van der Waals surface area contributed by atoms with Crippen LogP contribution in [0.5, 0.6) is 5.75 Å². The number of aryl methyl sites for hydroxylation is 1. The van der Waals surface area contributed by atoms with Crippen LogP contribution < -0.4 is 10.6 Å². The predicted molar refractivity (Wildman–Crippen MR) is 81.0 cm³/mol. The van der Waals surface area contributed by atoms with Crippen LogP contribution in [0.25, 0.3) is 0 Å². The highest BCUT2D eigenvalue weighted by molar-refractivity contribution is 5.95. The molecule has 4 nitrogen and oxygen atoms in total. The van der Waals surface area contributed by atoms with Crippen LogP contribution in [0.2, 0.25) is 0 Å². The van der Waals surface area contributed by atoms with E-state index in [0.717, 1.165) is 36.9 Å². The lowest BCUT2D eigenvalue weighted by molar-refractivity contribution is -0.119. The summed E-state index contributed by atoms with van der Waals surface area (Å²) in [5.41, 5.74) is 2.24. The van der Waals surface area contributed by atoms with E-state index < -0.39 is 0 Å². The Labute approximate surface area is 120 Å². The molecule has 3 N–H and O–H groups in total. The van der Waals surface area contributed by atoms with Crippen LogP contribution in [0.1, 0.15) is 37.3 Å². The molecular formula is C16H24N2O2. The van der Waals surface area contributed by atoms with E-state index in [-0.39, 0.29) is 17.7 Å². The van der Waals surface area contributed by atoms with Gasteiger partial charge in [-0.25, -0.2) is 0 Å². The number of nitrogens with one attached hydrogen (secondary N) is 2. The zero-order valence-electron chi connectivity index (χ0n) is 12.5. The van der Waals surface area contributed by atoms with Gasteiger partial charge in [0.15, 0.2) is 0 Å². The number of aromatic hydroxyl groups is 1. The molecule has 1 saturated heterocycles. The molecule has 0 aliphatic carbocycles. The van der Waals surface area contributed by atoms with Crippen molar-refractivity contribution in [3.05, 3.63) is 23.3 Å². The number of amides is 1. The Kier molecular flexibility index (Phi) is 4.65. The van der Waals surface area contributed by atoms with Crippen LogP contribution in [0.4, 0.5) is 5.69 Å². The van der Waals surface area contributed by atoms with Gasteiger partial charge in [-0.05, 0) is 50.8 Å². The minimum atomic E-state index is -0.128. The second-order valence-electron chi connectivity index (χ2n) is 5.70. The number of hydrogen-bond donors (Lipinski definition) is 3. The van der Waals surface area contributed by atoms with Crippen LogP contribution in [0.15, 0.2) is 12.1 Å². The lowest BCUT2D eigenvalue weighted by atomic mass is 9.90. The standard InChI is InChI=1S/C16H24N2O2/c1-4-12-7-8-17-14(9-12)16(20)18-13-6-5-10(2)15(19)11(13)3/h5-6,12,14,17,19H,4,7-9H2,1-3H3,(H,18,20). The lowest BCUT2D eigenvalue weighted by Crippen LogP contribution is -2.46. The molecule has 4 heteroatoms. The van der Waals surface area contributed by atoms with Gasteiger partial charge in [0.05, 0.1) is 6.04 Å². The minimum Gasteiger partial charge on any atom is -0.507 e. The van der Waals surface area contributed by atoms with Gasteiger partial charge in [-0.2, -0.15) is 0 Å². The van der Waals surface area contributed by atoms with Crippen molar-refractivity contribution in [3.8, 4) is 5.75 Å². The van der Waals surface area contributed by atoms with Crippen LogP contribution in [0.3, 0.4) is 0 Å². The van der Waals surface area contributed by atoms with E-state index in [1.807, 2.05) is 26.0 Å². The van der Waals surface area contributed by atoms with Gasteiger partial charge in [-0.15, -0.1) is 0 Å². The third-order valence-electron chi connectivity index (χ3n) is 4.30. The summed E-state index contributed by atoms with van der Waals surface area (Å²) in [4.78, 5) is 12.3. The minimum absolute atomic E-state index is 0.00509. The van der Waals surface area contributed by atoms with Crippen LogP contribution in [-0.2, 0) is 4.79 Å². The zero-order chi connectivity index (χ0) is 14.7. The van der Waals surface area contributed by atoms with E-state index in [1.165, 1.54) is 0 Å². The summed E-state index contributed by atoms with van der Waals surface area (Å²) in [5, 5.41) is 16.1. The molecule has 2 rings (SSSR count). The molecule has 1 amide bonds. The maximum absolute atomic E-state index is 12.3. The first kappa shape index (κ1) is 14.9. The molecule has 0 spiro atoms. The van der Waals surface area contributed by atoms with Crippen molar-refractivity contribution in [2.75, 3.05) is 11.9 Å². The van der Waals surface area contributed by atoms with Crippen LogP contribution in [0, 0.1) is 19.8 Å². The number of phenols is 1. The van der Waals surface area contributed by atoms with E-state index >= 15 is 0 Å². The van der Waals surface area contributed by atoms with E-state index in [4.69, 9.17) is 0 Å². The fourth-order valence-corrected chi connectivity index (χ4v) is 2.76. The largest absolute Gasteiger partial charge is 0.507 e. The van der Waals surface area contributed by atoms with Crippen molar-refractivity contribution < 1.29 is 9.90 Å². The molecule has 0 aromatic heterocycles. The van der Waals surface area contributed by atoms with Gasteiger partial charge in [-0.3, -0.25) is 4.79 Å². The monoisotopic (exact) mass is 276 g/mol. The summed E-state index contributed by atoms with van der Waals surface area (Å²) in [7, 11) is 0. The first-order valence-electron chi connectivity index (χ1n) is 7.36. The van der Waals surface area contributed by atoms with Crippen LogP contribution in [-0.4, -0.2) is 23.6 Å².